The van der Waals surface area contributed by atoms with E-state index in [1.807, 2.05) is 7.05 Å². The lowest BCUT2D eigenvalue weighted by Crippen LogP contribution is -2.17. The topological polar surface area (TPSA) is 12.0 Å². The molecular formula is C15H25NS. The Labute approximate surface area is 110 Å². The lowest BCUT2D eigenvalue weighted by Gasteiger charge is -2.16. The first-order valence-electron chi connectivity index (χ1n) is 6.65. The van der Waals surface area contributed by atoms with Crippen molar-refractivity contribution in [2.24, 2.45) is 0 Å². The molecule has 1 atom stereocenters. The second-order valence-corrected chi connectivity index (χ2v) is 5.75. The molecule has 0 bridgehead atoms. The van der Waals surface area contributed by atoms with Crippen LogP contribution in [0.1, 0.15) is 37.7 Å². The summed E-state index contributed by atoms with van der Waals surface area (Å²) in [6, 6.07) is 10.9. The number of unbranched alkanes of at least 4 members (excludes halogenated alkanes) is 1. The summed E-state index contributed by atoms with van der Waals surface area (Å²) in [5.41, 5.74) is 1.48. The highest BCUT2D eigenvalue weighted by Gasteiger charge is 2.09. The Hall–Kier alpha value is -0.470. The van der Waals surface area contributed by atoms with Crippen LogP contribution < -0.4 is 5.32 Å². The number of benzene rings is 1. The second-order valence-electron chi connectivity index (χ2n) is 4.36. The zero-order chi connectivity index (χ0) is 12.3. The fraction of sp³-hybridized carbons (Fsp3) is 0.600. The first kappa shape index (κ1) is 14.6. The molecule has 0 aliphatic carbocycles. The van der Waals surface area contributed by atoms with Crippen LogP contribution >= 0.6 is 11.8 Å². The van der Waals surface area contributed by atoms with Gasteiger partial charge in [0.05, 0.1) is 0 Å². The Morgan fingerprint density at radius 2 is 1.94 bits per heavy atom. The molecule has 1 aromatic rings. The summed E-state index contributed by atoms with van der Waals surface area (Å²) in [7, 11) is 2.04. The van der Waals surface area contributed by atoms with Crippen molar-refractivity contribution in [2.75, 3.05) is 25.1 Å². The predicted molar refractivity (Wildman–Crippen MR) is 80.0 cm³/mol. The SMILES string of the molecule is CCSCCCCC(CNC)c1ccccc1. The third kappa shape index (κ3) is 6.13. The molecule has 96 valence electrons. The predicted octanol–water partition coefficient (Wildman–Crippen LogP) is 3.91. The van der Waals surface area contributed by atoms with Crippen LogP contribution in [-0.2, 0) is 0 Å². The minimum absolute atomic E-state index is 0.674. The molecule has 2 heteroatoms. The molecule has 0 aliphatic heterocycles. The van der Waals surface area contributed by atoms with Gasteiger partial charge >= 0.3 is 0 Å². The van der Waals surface area contributed by atoms with Crippen molar-refractivity contribution in [1.82, 2.24) is 5.32 Å². The van der Waals surface area contributed by atoms with Crippen LogP contribution in [0.5, 0.6) is 0 Å². The Morgan fingerprint density at radius 1 is 1.18 bits per heavy atom. The van der Waals surface area contributed by atoms with Gasteiger partial charge in [-0.3, -0.25) is 0 Å². The van der Waals surface area contributed by atoms with E-state index in [4.69, 9.17) is 0 Å². The quantitative estimate of drug-likeness (QED) is 0.668. The van der Waals surface area contributed by atoms with Gasteiger partial charge in [-0.2, -0.15) is 11.8 Å². The maximum Gasteiger partial charge on any atom is 0.00171 e. The summed E-state index contributed by atoms with van der Waals surface area (Å²) in [4.78, 5) is 0. The highest BCUT2D eigenvalue weighted by Crippen LogP contribution is 2.21. The van der Waals surface area contributed by atoms with Gasteiger partial charge in [0, 0.05) is 6.54 Å². The number of hydrogen-bond acceptors (Lipinski definition) is 2. The van der Waals surface area contributed by atoms with Crippen molar-refractivity contribution in [3.05, 3.63) is 35.9 Å². The number of rotatable bonds is 9. The molecule has 0 fully saturated rings. The number of hydrogen-bond donors (Lipinski definition) is 1. The van der Waals surface area contributed by atoms with Gasteiger partial charge in [0.15, 0.2) is 0 Å². The van der Waals surface area contributed by atoms with Crippen LogP contribution in [0.2, 0.25) is 0 Å². The van der Waals surface area contributed by atoms with Crippen molar-refractivity contribution < 1.29 is 0 Å². The van der Waals surface area contributed by atoms with Crippen molar-refractivity contribution in [3.63, 3.8) is 0 Å². The fourth-order valence-corrected chi connectivity index (χ4v) is 2.79. The largest absolute Gasteiger partial charge is 0.319 e. The Bertz CT molecular complexity index is 274. The van der Waals surface area contributed by atoms with Gasteiger partial charge in [0.25, 0.3) is 0 Å². The Balaban J connectivity index is 2.33. The molecule has 0 spiro atoms. The van der Waals surface area contributed by atoms with Crippen molar-refractivity contribution in [1.29, 1.82) is 0 Å². The molecule has 0 aromatic heterocycles. The molecule has 0 saturated heterocycles. The summed E-state index contributed by atoms with van der Waals surface area (Å²) in [5, 5.41) is 3.31. The molecule has 0 radical (unpaired) electrons. The molecular weight excluding hydrogens is 226 g/mol. The molecule has 0 amide bonds. The summed E-state index contributed by atoms with van der Waals surface area (Å²) < 4.78 is 0. The first-order valence-corrected chi connectivity index (χ1v) is 7.81. The van der Waals surface area contributed by atoms with E-state index >= 15 is 0 Å². The van der Waals surface area contributed by atoms with E-state index in [9.17, 15) is 0 Å². The van der Waals surface area contributed by atoms with Gasteiger partial charge in [-0.25, -0.2) is 0 Å². The molecule has 0 heterocycles. The van der Waals surface area contributed by atoms with Gasteiger partial charge in [-0.1, -0.05) is 43.7 Å². The maximum absolute atomic E-state index is 3.31. The minimum atomic E-state index is 0.674. The van der Waals surface area contributed by atoms with Crippen molar-refractivity contribution in [2.45, 2.75) is 32.1 Å². The molecule has 1 nitrogen and oxygen atoms in total. The van der Waals surface area contributed by atoms with Crippen LogP contribution in [0.25, 0.3) is 0 Å². The van der Waals surface area contributed by atoms with E-state index in [0.717, 1.165) is 6.54 Å². The molecule has 1 unspecified atom stereocenters. The standard InChI is InChI=1S/C15H25NS/c1-3-17-12-8-7-11-15(13-16-2)14-9-5-4-6-10-14/h4-6,9-10,15-16H,3,7-8,11-13H2,1-2H3. The summed E-state index contributed by atoms with van der Waals surface area (Å²) in [6.45, 7) is 3.32. The highest BCUT2D eigenvalue weighted by atomic mass is 32.2. The zero-order valence-electron chi connectivity index (χ0n) is 11.1. The molecule has 0 aliphatic rings. The molecule has 1 rings (SSSR count). The van der Waals surface area contributed by atoms with E-state index in [0.29, 0.717) is 5.92 Å². The van der Waals surface area contributed by atoms with Crippen LogP contribution in [0.4, 0.5) is 0 Å². The van der Waals surface area contributed by atoms with Crippen molar-refractivity contribution in [3.8, 4) is 0 Å². The van der Waals surface area contributed by atoms with Crippen LogP contribution in [0, 0.1) is 0 Å². The van der Waals surface area contributed by atoms with Crippen molar-refractivity contribution >= 4 is 11.8 Å². The maximum atomic E-state index is 3.31. The zero-order valence-corrected chi connectivity index (χ0v) is 11.9. The average molecular weight is 251 g/mol. The lowest BCUT2D eigenvalue weighted by atomic mass is 9.93. The van der Waals surface area contributed by atoms with E-state index in [1.54, 1.807) is 0 Å². The van der Waals surface area contributed by atoms with Gasteiger partial charge < -0.3 is 5.32 Å². The summed E-state index contributed by atoms with van der Waals surface area (Å²) in [6.07, 6.45) is 3.99. The average Bonchev–Trinajstić information content (AvgIpc) is 2.38. The number of nitrogens with one attached hydrogen (secondary N) is 1. The van der Waals surface area contributed by atoms with Crippen LogP contribution in [0.3, 0.4) is 0 Å². The smallest absolute Gasteiger partial charge is 0.00171 e. The number of likely N-dealkylation sites (N-methyl/N-ethyl adjacent to an activating group) is 1. The fourth-order valence-electron chi connectivity index (χ4n) is 2.10. The third-order valence-electron chi connectivity index (χ3n) is 3.02. The van der Waals surface area contributed by atoms with E-state index in [1.165, 1.54) is 36.3 Å². The second kappa shape index (κ2) is 9.55. The van der Waals surface area contributed by atoms with Gasteiger partial charge in [-0.05, 0) is 42.9 Å². The Morgan fingerprint density at radius 3 is 2.59 bits per heavy atom. The van der Waals surface area contributed by atoms with E-state index in [2.05, 4.69) is 54.3 Å². The lowest BCUT2D eigenvalue weighted by molar-refractivity contribution is 0.556. The number of thioether (sulfide) groups is 1. The molecule has 17 heavy (non-hydrogen) atoms. The highest BCUT2D eigenvalue weighted by molar-refractivity contribution is 7.99. The van der Waals surface area contributed by atoms with E-state index in [-0.39, 0.29) is 0 Å². The van der Waals surface area contributed by atoms with E-state index < -0.39 is 0 Å². The van der Waals surface area contributed by atoms with Gasteiger partial charge in [0.1, 0.15) is 0 Å². The van der Waals surface area contributed by atoms with Gasteiger partial charge in [0.2, 0.25) is 0 Å². The summed E-state index contributed by atoms with van der Waals surface area (Å²) >= 11 is 2.05. The minimum Gasteiger partial charge on any atom is -0.319 e. The van der Waals surface area contributed by atoms with Gasteiger partial charge in [-0.15, -0.1) is 0 Å². The molecule has 0 saturated carbocycles. The summed E-state index contributed by atoms with van der Waals surface area (Å²) in [5.74, 6) is 3.24. The first-order chi connectivity index (χ1) is 8.38. The third-order valence-corrected chi connectivity index (χ3v) is 4.00. The van der Waals surface area contributed by atoms with Crippen LogP contribution in [-0.4, -0.2) is 25.1 Å². The van der Waals surface area contributed by atoms with Crippen LogP contribution in [0.15, 0.2) is 30.3 Å². The monoisotopic (exact) mass is 251 g/mol. The normalized spacial score (nSPS) is 12.6. The molecule has 1 aromatic carbocycles. The Kier molecular flexibility index (Phi) is 8.20. The molecule has 1 N–H and O–H groups in total.